The molecule has 1 fully saturated rings. The van der Waals surface area contributed by atoms with Crippen LogP contribution >= 0.6 is 0 Å². The van der Waals surface area contributed by atoms with Crippen LogP contribution in [0, 0.1) is 5.41 Å². The van der Waals surface area contributed by atoms with Gasteiger partial charge in [-0.1, -0.05) is 62.4 Å². The molecular formula is C26H26N4O5. The molecule has 3 aromatic rings. The third kappa shape index (κ3) is 3.82. The highest BCUT2D eigenvalue weighted by Crippen LogP contribution is 2.44. The molecule has 1 aliphatic carbocycles. The van der Waals surface area contributed by atoms with Crippen molar-refractivity contribution in [3.05, 3.63) is 71.5 Å². The van der Waals surface area contributed by atoms with Crippen molar-refractivity contribution in [1.82, 2.24) is 14.7 Å². The molecule has 9 heteroatoms. The minimum Gasteiger partial charge on any atom is -0.480 e. The quantitative estimate of drug-likeness (QED) is 0.583. The SMILES string of the molecule is Cn1cc(NC(=O)OCC2c3ccccc3-c3ccccc32)c(C(=O)N2CC(C)(C)C2C(=O)O)n1. The highest BCUT2D eigenvalue weighted by molar-refractivity contribution is 6.03. The number of benzene rings is 2. The highest BCUT2D eigenvalue weighted by Gasteiger charge is 2.53. The number of carbonyl (C=O) groups excluding carboxylic acids is 2. The summed E-state index contributed by atoms with van der Waals surface area (Å²) >= 11 is 0. The number of hydrogen-bond acceptors (Lipinski definition) is 5. The zero-order chi connectivity index (χ0) is 24.9. The second-order valence-electron chi connectivity index (χ2n) is 9.68. The predicted octanol–water partition coefficient (Wildman–Crippen LogP) is 3.72. The first-order valence-electron chi connectivity index (χ1n) is 11.4. The summed E-state index contributed by atoms with van der Waals surface area (Å²) in [4.78, 5) is 38.7. The van der Waals surface area contributed by atoms with Gasteiger partial charge in [0.05, 0.1) is 5.69 Å². The van der Waals surface area contributed by atoms with Gasteiger partial charge in [0.15, 0.2) is 5.69 Å². The average Bonchev–Trinajstić information content (AvgIpc) is 3.32. The van der Waals surface area contributed by atoms with Crippen molar-refractivity contribution in [2.75, 3.05) is 18.5 Å². The minimum absolute atomic E-state index is 0.0252. The number of nitrogens with zero attached hydrogens (tertiary/aromatic N) is 3. The van der Waals surface area contributed by atoms with E-state index >= 15 is 0 Å². The Morgan fingerprint density at radius 1 is 1.09 bits per heavy atom. The standard InChI is InChI=1S/C26H26N4O5/c1-26(2)14-30(22(26)24(32)33)23(31)21-20(12-29(3)28-21)27-25(34)35-13-19-17-10-6-4-8-15(17)16-9-5-7-11-18(16)19/h4-12,19,22H,13-14H2,1-3H3,(H,27,34)(H,32,33). The van der Waals surface area contributed by atoms with Gasteiger partial charge in [-0.15, -0.1) is 0 Å². The topological polar surface area (TPSA) is 114 Å². The number of likely N-dealkylation sites (tertiary alicyclic amines) is 1. The van der Waals surface area contributed by atoms with E-state index in [1.54, 1.807) is 20.9 Å². The van der Waals surface area contributed by atoms with Crippen molar-refractivity contribution in [3.63, 3.8) is 0 Å². The second-order valence-corrected chi connectivity index (χ2v) is 9.68. The van der Waals surface area contributed by atoms with Crippen LogP contribution in [-0.2, 0) is 16.6 Å². The summed E-state index contributed by atoms with van der Waals surface area (Å²) in [5.41, 5.74) is 4.05. The van der Waals surface area contributed by atoms with Gasteiger partial charge in [-0.2, -0.15) is 5.10 Å². The van der Waals surface area contributed by atoms with Gasteiger partial charge < -0.3 is 14.7 Å². The predicted molar refractivity (Wildman–Crippen MR) is 128 cm³/mol. The molecule has 0 spiro atoms. The highest BCUT2D eigenvalue weighted by atomic mass is 16.5. The Morgan fingerprint density at radius 2 is 1.69 bits per heavy atom. The van der Waals surface area contributed by atoms with Crippen molar-refractivity contribution >= 4 is 23.7 Å². The number of carboxylic acids is 1. The summed E-state index contributed by atoms with van der Waals surface area (Å²) in [6.07, 6.45) is 0.780. The van der Waals surface area contributed by atoms with Crippen molar-refractivity contribution in [3.8, 4) is 11.1 Å². The van der Waals surface area contributed by atoms with Crippen molar-refractivity contribution in [1.29, 1.82) is 0 Å². The molecule has 1 saturated heterocycles. The zero-order valence-corrected chi connectivity index (χ0v) is 19.7. The summed E-state index contributed by atoms with van der Waals surface area (Å²) in [5.74, 6) is -1.72. The fourth-order valence-corrected chi connectivity index (χ4v) is 5.20. The maximum atomic E-state index is 13.1. The Kier molecular flexibility index (Phi) is 5.35. The molecule has 0 radical (unpaired) electrons. The zero-order valence-electron chi connectivity index (χ0n) is 19.7. The summed E-state index contributed by atoms with van der Waals surface area (Å²) < 4.78 is 6.97. The van der Waals surface area contributed by atoms with Crippen LogP contribution in [0.25, 0.3) is 11.1 Å². The Hall–Kier alpha value is -4.14. The van der Waals surface area contributed by atoms with Crippen LogP contribution < -0.4 is 5.32 Å². The lowest BCUT2D eigenvalue weighted by atomic mass is 9.74. The number of nitrogens with one attached hydrogen (secondary N) is 1. The Morgan fingerprint density at radius 3 is 2.26 bits per heavy atom. The molecule has 2 amide bonds. The monoisotopic (exact) mass is 474 g/mol. The number of amides is 2. The van der Waals surface area contributed by atoms with E-state index in [1.165, 1.54) is 15.8 Å². The lowest BCUT2D eigenvalue weighted by Gasteiger charge is -2.51. The number of carbonyl (C=O) groups is 3. The fraction of sp³-hybridized carbons (Fsp3) is 0.308. The number of fused-ring (bicyclic) bond motifs is 3. The van der Waals surface area contributed by atoms with E-state index in [-0.39, 0.29) is 30.5 Å². The van der Waals surface area contributed by atoms with Gasteiger partial charge in [0.2, 0.25) is 0 Å². The molecule has 0 bridgehead atoms. The molecular weight excluding hydrogens is 448 g/mol. The molecule has 2 aromatic carbocycles. The van der Waals surface area contributed by atoms with Crippen LogP contribution in [0.2, 0.25) is 0 Å². The molecule has 0 saturated carbocycles. The van der Waals surface area contributed by atoms with Crippen LogP contribution in [0.3, 0.4) is 0 Å². The van der Waals surface area contributed by atoms with Crippen LogP contribution in [0.5, 0.6) is 0 Å². The van der Waals surface area contributed by atoms with Crippen LogP contribution in [0.4, 0.5) is 10.5 Å². The number of rotatable bonds is 5. The fourth-order valence-electron chi connectivity index (χ4n) is 5.20. The molecule has 2 heterocycles. The minimum atomic E-state index is -1.07. The molecule has 2 N–H and O–H groups in total. The first-order valence-corrected chi connectivity index (χ1v) is 11.4. The average molecular weight is 475 g/mol. The van der Waals surface area contributed by atoms with Gasteiger partial charge in [-0.05, 0) is 22.3 Å². The molecule has 180 valence electrons. The number of anilines is 1. The Bertz CT molecular complexity index is 1300. The van der Waals surface area contributed by atoms with Crippen molar-refractivity contribution in [2.24, 2.45) is 12.5 Å². The van der Waals surface area contributed by atoms with Gasteiger partial charge in [0, 0.05) is 31.1 Å². The lowest BCUT2D eigenvalue weighted by Crippen LogP contribution is -2.67. The lowest BCUT2D eigenvalue weighted by molar-refractivity contribution is -0.156. The molecule has 1 atom stereocenters. The van der Waals surface area contributed by atoms with E-state index in [1.807, 2.05) is 36.4 Å². The Labute approximate surface area is 202 Å². The van der Waals surface area contributed by atoms with Gasteiger partial charge in [0.1, 0.15) is 12.6 Å². The maximum Gasteiger partial charge on any atom is 0.411 e. The van der Waals surface area contributed by atoms with E-state index in [0.29, 0.717) is 0 Å². The molecule has 1 unspecified atom stereocenters. The summed E-state index contributed by atoms with van der Waals surface area (Å²) in [6.45, 7) is 4.00. The normalized spacial score (nSPS) is 17.8. The molecule has 2 aliphatic rings. The molecule has 35 heavy (non-hydrogen) atoms. The van der Waals surface area contributed by atoms with Crippen LogP contribution in [0.1, 0.15) is 41.4 Å². The smallest absolute Gasteiger partial charge is 0.411 e. The van der Waals surface area contributed by atoms with Gasteiger partial charge in [0.25, 0.3) is 5.91 Å². The number of aryl methyl sites for hydroxylation is 1. The van der Waals surface area contributed by atoms with Gasteiger partial charge >= 0.3 is 12.1 Å². The number of ether oxygens (including phenoxy) is 1. The third-order valence-electron chi connectivity index (χ3n) is 6.74. The van der Waals surface area contributed by atoms with E-state index in [0.717, 1.165) is 22.3 Å². The maximum absolute atomic E-state index is 13.1. The summed E-state index contributed by atoms with van der Waals surface area (Å²) in [5, 5.41) is 16.3. The number of carboxylic acid groups (broad SMARTS) is 1. The summed E-state index contributed by atoms with van der Waals surface area (Å²) in [7, 11) is 1.62. The molecule has 9 nitrogen and oxygen atoms in total. The van der Waals surface area contributed by atoms with Crippen molar-refractivity contribution < 1.29 is 24.2 Å². The molecule has 5 rings (SSSR count). The number of aromatic nitrogens is 2. The first kappa shape index (κ1) is 22.6. The first-order chi connectivity index (χ1) is 16.7. The number of hydrogen-bond donors (Lipinski definition) is 2. The van der Waals surface area contributed by atoms with E-state index in [9.17, 15) is 19.5 Å². The molecule has 1 aromatic heterocycles. The number of aliphatic carboxylic acids is 1. The summed E-state index contributed by atoms with van der Waals surface area (Å²) in [6, 6.07) is 15.1. The third-order valence-corrected chi connectivity index (χ3v) is 6.74. The van der Waals surface area contributed by atoms with E-state index < -0.39 is 29.4 Å². The van der Waals surface area contributed by atoms with E-state index in [2.05, 4.69) is 22.5 Å². The van der Waals surface area contributed by atoms with Crippen LogP contribution in [-0.4, -0.2) is 57.0 Å². The molecule has 1 aliphatic heterocycles. The van der Waals surface area contributed by atoms with Crippen molar-refractivity contribution in [2.45, 2.75) is 25.8 Å². The van der Waals surface area contributed by atoms with Gasteiger partial charge in [-0.3, -0.25) is 14.8 Å². The Balaban J connectivity index is 1.30. The second kappa shape index (κ2) is 8.26. The van der Waals surface area contributed by atoms with Crippen LogP contribution in [0.15, 0.2) is 54.7 Å². The van der Waals surface area contributed by atoms with E-state index in [4.69, 9.17) is 4.74 Å². The van der Waals surface area contributed by atoms with Gasteiger partial charge in [-0.25, -0.2) is 9.59 Å². The largest absolute Gasteiger partial charge is 0.480 e.